The third-order valence-electron chi connectivity index (χ3n) is 4.85. The first-order chi connectivity index (χ1) is 12.7. The Balaban J connectivity index is 1.61. The SMILES string of the molecule is CCC1CCCCN1C(=O)c1cc(NCCc2cccc(Cl)c2)ncn1. The number of anilines is 1. The molecule has 138 valence electrons. The van der Waals surface area contributed by atoms with E-state index >= 15 is 0 Å². The Morgan fingerprint density at radius 3 is 3.00 bits per heavy atom. The maximum Gasteiger partial charge on any atom is 0.272 e. The summed E-state index contributed by atoms with van der Waals surface area (Å²) in [6.45, 7) is 3.67. The summed E-state index contributed by atoms with van der Waals surface area (Å²) in [5.74, 6) is 0.687. The Labute approximate surface area is 159 Å². The minimum atomic E-state index is 0.0110. The van der Waals surface area contributed by atoms with Gasteiger partial charge in [0.25, 0.3) is 5.91 Å². The van der Waals surface area contributed by atoms with Gasteiger partial charge in [-0.1, -0.05) is 30.7 Å². The molecule has 3 rings (SSSR count). The molecule has 1 amide bonds. The molecule has 6 heteroatoms. The average Bonchev–Trinajstić information content (AvgIpc) is 2.68. The molecule has 0 aliphatic carbocycles. The number of hydrogen-bond donors (Lipinski definition) is 1. The maximum absolute atomic E-state index is 12.8. The number of likely N-dealkylation sites (tertiary alicyclic amines) is 1. The summed E-state index contributed by atoms with van der Waals surface area (Å²) in [6, 6.07) is 9.89. The number of nitrogens with zero attached hydrogens (tertiary/aromatic N) is 3. The molecule has 1 aromatic heterocycles. The number of nitrogens with one attached hydrogen (secondary N) is 1. The number of amides is 1. The molecule has 1 unspecified atom stereocenters. The minimum Gasteiger partial charge on any atom is -0.370 e. The molecular formula is C20H25ClN4O. The van der Waals surface area contributed by atoms with Gasteiger partial charge in [-0.2, -0.15) is 0 Å². The van der Waals surface area contributed by atoms with Crippen molar-refractivity contribution in [2.75, 3.05) is 18.4 Å². The summed E-state index contributed by atoms with van der Waals surface area (Å²) in [4.78, 5) is 23.3. The molecule has 1 saturated heterocycles. The van der Waals surface area contributed by atoms with E-state index in [4.69, 9.17) is 11.6 Å². The van der Waals surface area contributed by atoms with Crippen molar-refractivity contribution in [1.29, 1.82) is 0 Å². The van der Waals surface area contributed by atoms with E-state index in [-0.39, 0.29) is 5.91 Å². The van der Waals surface area contributed by atoms with Gasteiger partial charge in [0.15, 0.2) is 0 Å². The van der Waals surface area contributed by atoms with Crippen LogP contribution in [0.5, 0.6) is 0 Å². The van der Waals surface area contributed by atoms with Crippen LogP contribution in [0.25, 0.3) is 0 Å². The third-order valence-corrected chi connectivity index (χ3v) is 5.09. The Morgan fingerprint density at radius 2 is 2.19 bits per heavy atom. The molecule has 0 saturated carbocycles. The molecule has 1 aliphatic rings. The van der Waals surface area contributed by atoms with Crippen molar-refractivity contribution < 1.29 is 4.79 Å². The van der Waals surface area contributed by atoms with Gasteiger partial charge in [0.1, 0.15) is 17.8 Å². The van der Waals surface area contributed by atoms with Crippen molar-refractivity contribution in [3.8, 4) is 0 Å². The lowest BCUT2D eigenvalue weighted by atomic mass is 9.99. The van der Waals surface area contributed by atoms with E-state index in [1.807, 2.05) is 29.2 Å². The first kappa shape index (κ1) is 18.6. The molecule has 1 aliphatic heterocycles. The number of halogens is 1. The summed E-state index contributed by atoms with van der Waals surface area (Å²) in [7, 11) is 0. The second-order valence-electron chi connectivity index (χ2n) is 6.65. The monoisotopic (exact) mass is 372 g/mol. The van der Waals surface area contributed by atoms with Crippen LogP contribution in [0.3, 0.4) is 0 Å². The lowest BCUT2D eigenvalue weighted by molar-refractivity contribution is 0.0602. The van der Waals surface area contributed by atoms with Gasteiger partial charge in [0, 0.05) is 30.2 Å². The molecule has 1 atom stereocenters. The molecule has 0 bridgehead atoms. The second-order valence-corrected chi connectivity index (χ2v) is 7.09. The van der Waals surface area contributed by atoms with E-state index in [2.05, 4.69) is 22.2 Å². The minimum absolute atomic E-state index is 0.0110. The smallest absolute Gasteiger partial charge is 0.272 e. The van der Waals surface area contributed by atoms with Gasteiger partial charge in [-0.15, -0.1) is 0 Å². The molecule has 0 radical (unpaired) electrons. The molecule has 0 spiro atoms. The van der Waals surface area contributed by atoms with Gasteiger partial charge in [-0.3, -0.25) is 4.79 Å². The van der Waals surface area contributed by atoms with Gasteiger partial charge in [0.05, 0.1) is 0 Å². The van der Waals surface area contributed by atoms with Crippen LogP contribution in [0.4, 0.5) is 5.82 Å². The number of carbonyl (C=O) groups excluding carboxylic acids is 1. The molecule has 1 aromatic carbocycles. The zero-order valence-corrected chi connectivity index (χ0v) is 15.9. The van der Waals surface area contributed by atoms with Crippen LogP contribution >= 0.6 is 11.6 Å². The highest BCUT2D eigenvalue weighted by atomic mass is 35.5. The second kappa shape index (κ2) is 8.99. The summed E-state index contributed by atoms with van der Waals surface area (Å²) < 4.78 is 0. The number of rotatable bonds is 6. The van der Waals surface area contributed by atoms with Crippen molar-refractivity contribution in [3.05, 3.63) is 52.9 Å². The molecule has 1 N–H and O–H groups in total. The van der Waals surface area contributed by atoms with E-state index in [9.17, 15) is 4.79 Å². The third kappa shape index (κ3) is 4.73. The van der Waals surface area contributed by atoms with Gasteiger partial charge >= 0.3 is 0 Å². The molecular weight excluding hydrogens is 348 g/mol. The van der Waals surface area contributed by atoms with Crippen LogP contribution in [0.2, 0.25) is 5.02 Å². The molecule has 5 nitrogen and oxygen atoms in total. The van der Waals surface area contributed by atoms with Gasteiger partial charge in [0.2, 0.25) is 0 Å². The van der Waals surface area contributed by atoms with Crippen LogP contribution in [-0.4, -0.2) is 39.9 Å². The van der Waals surface area contributed by atoms with Gasteiger partial charge in [-0.25, -0.2) is 9.97 Å². The molecule has 26 heavy (non-hydrogen) atoms. The molecule has 2 aromatic rings. The number of hydrogen-bond acceptors (Lipinski definition) is 4. The topological polar surface area (TPSA) is 58.1 Å². The van der Waals surface area contributed by atoms with E-state index in [0.717, 1.165) is 42.8 Å². The van der Waals surface area contributed by atoms with Crippen molar-refractivity contribution in [2.24, 2.45) is 0 Å². The molecule has 1 fully saturated rings. The number of benzene rings is 1. The predicted molar refractivity (Wildman–Crippen MR) is 105 cm³/mol. The van der Waals surface area contributed by atoms with E-state index in [1.165, 1.54) is 12.7 Å². The van der Waals surface area contributed by atoms with E-state index in [0.29, 0.717) is 24.1 Å². The highest BCUT2D eigenvalue weighted by Crippen LogP contribution is 2.21. The largest absolute Gasteiger partial charge is 0.370 e. The summed E-state index contributed by atoms with van der Waals surface area (Å²) in [5, 5.41) is 4.01. The molecule has 2 heterocycles. The van der Waals surface area contributed by atoms with E-state index in [1.54, 1.807) is 6.07 Å². The Hall–Kier alpha value is -2.14. The van der Waals surface area contributed by atoms with Crippen molar-refractivity contribution in [2.45, 2.75) is 45.1 Å². The van der Waals surface area contributed by atoms with Crippen LogP contribution < -0.4 is 5.32 Å². The maximum atomic E-state index is 12.8. The van der Waals surface area contributed by atoms with Crippen molar-refractivity contribution >= 4 is 23.3 Å². The Kier molecular flexibility index (Phi) is 6.45. The summed E-state index contributed by atoms with van der Waals surface area (Å²) >= 11 is 6.01. The summed E-state index contributed by atoms with van der Waals surface area (Å²) in [5.41, 5.74) is 1.63. The normalized spacial score (nSPS) is 17.2. The lowest BCUT2D eigenvalue weighted by Crippen LogP contribution is -2.43. The fraction of sp³-hybridized carbons (Fsp3) is 0.450. The summed E-state index contributed by atoms with van der Waals surface area (Å²) in [6.07, 6.45) is 6.62. The van der Waals surface area contributed by atoms with Gasteiger partial charge < -0.3 is 10.2 Å². The quantitative estimate of drug-likeness (QED) is 0.826. The number of piperidine rings is 1. The highest BCUT2D eigenvalue weighted by molar-refractivity contribution is 6.30. The van der Waals surface area contributed by atoms with E-state index < -0.39 is 0 Å². The average molecular weight is 373 g/mol. The highest BCUT2D eigenvalue weighted by Gasteiger charge is 2.27. The van der Waals surface area contributed by atoms with Crippen LogP contribution in [0.15, 0.2) is 36.7 Å². The zero-order valence-electron chi connectivity index (χ0n) is 15.1. The fourth-order valence-electron chi connectivity index (χ4n) is 3.44. The fourth-order valence-corrected chi connectivity index (χ4v) is 3.65. The first-order valence-corrected chi connectivity index (χ1v) is 9.66. The Bertz CT molecular complexity index is 752. The number of carbonyl (C=O) groups is 1. The van der Waals surface area contributed by atoms with Gasteiger partial charge in [-0.05, 0) is 49.8 Å². The van der Waals surface area contributed by atoms with Crippen molar-refractivity contribution in [3.63, 3.8) is 0 Å². The first-order valence-electron chi connectivity index (χ1n) is 9.28. The lowest BCUT2D eigenvalue weighted by Gasteiger charge is -2.35. The Morgan fingerprint density at radius 1 is 1.31 bits per heavy atom. The van der Waals surface area contributed by atoms with Crippen LogP contribution in [0, 0.1) is 0 Å². The van der Waals surface area contributed by atoms with Crippen LogP contribution in [-0.2, 0) is 6.42 Å². The number of aromatic nitrogens is 2. The zero-order chi connectivity index (χ0) is 18.4. The van der Waals surface area contributed by atoms with Crippen LogP contribution in [0.1, 0.15) is 48.7 Å². The standard InChI is InChI=1S/C20H25ClN4O/c1-2-17-8-3-4-11-25(17)20(26)18-13-19(24-14-23-18)22-10-9-15-6-5-7-16(21)12-15/h5-7,12-14,17H,2-4,8-11H2,1H3,(H,22,23,24). The van der Waals surface area contributed by atoms with Crippen molar-refractivity contribution in [1.82, 2.24) is 14.9 Å². The predicted octanol–water partition coefficient (Wildman–Crippen LogP) is 4.19.